The number of para-hydroxylation sites is 1. The Morgan fingerprint density at radius 3 is 2.52 bits per heavy atom. The molecular weight excluding hydrogens is 447 g/mol. The molecule has 5 rings (SSSR count). The number of hydrogen-bond donors (Lipinski definition) is 0. The highest BCUT2D eigenvalue weighted by atomic mass is 32.2. The average Bonchev–Trinajstić information content (AvgIpc) is 3.27. The monoisotopic (exact) mass is 464 g/mol. The third-order valence-corrected chi connectivity index (χ3v) is 6.94. The number of halogens is 1. The molecule has 0 N–H and O–H groups in total. The summed E-state index contributed by atoms with van der Waals surface area (Å²) in [5.41, 5.74) is 1.76. The van der Waals surface area contributed by atoms with Gasteiger partial charge in [0.1, 0.15) is 17.3 Å². The van der Waals surface area contributed by atoms with Crippen LogP contribution in [0.3, 0.4) is 0 Å². The van der Waals surface area contributed by atoms with Crippen molar-refractivity contribution in [1.29, 1.82) is 0 Å². The van der Waals surface area contributed by atoms with E-state index in [1.807, 2.05) is 6.92 Å². The number of aromatic nitrogens is 2. The Labute approximate surface area is 188 Å². The number of carbonyl (C=O) groups is 1. The fourth-order valence-electron chi connectivity index (χ4n) is 3.59. The van der Waals surface area contributed by atoms with Crippen molar-refractivity contribution < 1.29 is 22.1 Å². The number of benzene rings is 3. The molecule has 10 heteroatoms. The topological polar surface area (TPSA) is 96.6 Å². The van der Waals surface area contributed by atoms with Crippen molar-refractivity contribution in [3.63, 3.8) is 0 Å². The number of amides is 2. The SMILES string of the molecule is Cc1ccc(N2C(=O)N(Cc3nc(-c4cccc(F)c4)no3)c3ccccc3S2(=O)=O)cc1. The molecule has 4 aromatic rings. The van der Waals surface area contributed by atoms with Crippen molar-refractivity contribution in [2.24, 2.45) is 0 Å². The Bertz CT molecular complexity index is 1470. The van der Waals surface area contributed by atoms with Crippen LogP contribution in [0.2, 0.25) is 0 Å². The van der Waals surface area contributed by atoms with Crippen molar-refractivity contribution in [2.75, 3.05) is 9.21 Å². The molecule has 1 aliphatic heterocycles. The van der Waals surface area contributed by atoms with Gasteiger partial charge in [-0.25, -0.2) is 17.6 Å². The van der Waals surface area contributed by atoms with E-state index in [2.05, 4.69) is 10.1 Å². The van der Waals surface area contributed by atoms with Gasteiger partial charge in [-0.05, 0) is 43.3 Å². The van der Waals surface area contributed by atoms with Gasteiger partial charge in [0.25, 0.3) is 10.0 Å². The molecule has 0 unspecified atom stereocenters. The van der Waals surface area contributed by atoms with Crippen LogP contribution in [0.4, 0.5) is 20.6 Å². The molecular formula is C23H17FN4O4S. The molecule has 0 radical (unpaired) electrons. The van der Waals surface area contributed by atoms with E-state index in [0.717, 1.165) is 9.87 Å². The number of rotatable bonds is 4. The summed E-state index contributed by atoms with van der Waals surface area (Å²) >= 11 is 0. The molecule has 0 saturated heterocycles. The van der Waals surface area contributed by atoms with Crippen LogP contribution in [0.15, 0.2) is 82.2 Å². The highest BCUT2D eigenvalue weighted by Crippen LogP contribution is 2.38. The van der Waals surface area contributed by atoms with Crippen molar-refractivity contribution in [3.8, 4) is 11.4 Å². The Morgan fingerprint density at radius 1 is 1.00 bits per heavy atom. The lowest BCUT2D eigenvalue weighted by atomic mass is 10.2. The summed E-state index contributed by atoms with van der Waals surface area (Å²) in [6, 6.07) is 17.8. The van der Waals surface area contributed by atoms with Crippen LogP contribution in [0, 0.1) is 12.7 Å². The zero-order valence-electron chi connectivity index (χ0n) is 17.3. The van der Waals surface area contributed by atoms with E-state index in [4.69, 9.17) is 4.52 Å². The molecule has 166 valence electrons. The molecule has 1 aliphatic rings. The summed E-state index contributed by atoms with van der Waals surface area (Å²) in [6.45, 7) is 1.69. The van der Waals surface area contributed by atoms with Gasteiger partial charge in [-0.3, -0.25) is 4.90 Å². The number of hydrogen-bond acceptors (Lipinski definition) is 6. The minimum atomic E-state index is -4.13. The fourth-order valence-corrected chi connectivity index (χ4v) is 5.19. The third kappa shape index (κ3) is 3.64. The zero-order chi connectivity index (χ0) is 23.2. The first-order chi connectivity index (χ1) is 15.8. The van der Waals surface area contributed by atoms with Crippen LogP contribution in [0.5, 0.6) is 0 Å². The number of fused-ring (bicyclic) bond motifs is 1. The third-order valence-electron chi connectivity index (χ3n) is 5.19. The summed E-state index contributed by atoms with van der Waals surface area (Å²) in [5.74, 6) is -0.219. The molecule has 0 spiro atoms. The lowest BCUT2D eigenvalue weighted by Gasteiger charge is -2.35. The van der Waals surface area contributed by atoms with Gasteiger partial charge in [0.05, 0.1) is 11.4 Å². The highest BCUT2D eigenvalue weighted by Gasteiger charge is 2.43. The second-order valence-corrected chi connectivity index (χ2v) is 9.22. The van der Waals surface area contributed by atoms with Gasteiger partial charge in [0, 0.05) is 5.56 Å². The Kier molecular flexibility index (Phi) is 4.94. The molecule has 0 fully saturated rings. The second kappa shape index (κ2) is 7.82. The van der Waals surface area contributed by atoms with E-state index in [0.29, 0.717) is 5.56 Å². The van der Waals surface area contributed by atoms with E-state index in [9.17, 15) is 17.6 Å². The van der Waals surface area contributed by atoms with Crippen molar-refractivity contribution >= 4 is 27.4 Å². The maximum atomic E-state index is 13.5. The number of sulfonamides is 1. The Hall–Kier alpha value is -4.05. The van der Waals surface area contributed by atoms with E-state index >= 15 is 0 Å². The van der Waals surface area contributed by atoms with E-state index in [1.165, 1.54) is 29.2 Å². The van der Waals surface area contributed by atoms with Crippen LogP contribution in [-0.2, 0) is 16.6 Å². The molecule has 2 amide bonds. The Balaban J connectivity index is 1.56. The van der Waals surface area contributed by atoms with Crippen molar-refractivity contribution in [1.82, 2.24) is 10.1 Å². The standard InChI is InChI=1S/C23H17FN4O4S/c1-15-9-11-18(12-10-15)28-23(29)27(19-7-2-3-8-20(19)33(28,30)31)14-21-25-22(26-32-21)16-5-4-6-17(24)13-16/h2-13H,14H2,1H3. The maximum absolute atomic E-state index is 13.5. The van der Waals surface area contributed by atoms with Crippen molar-refractivity contribution in [2.45, 2.75) is 18.4 Å². The minimum Gasteiger partial charge on any atom is -0.337 e. The minimum absolute atomic E-state index is 0.0185. The zero-order valence-corrected chi connectivity index (χ0v) is 18.2. The maximum Gasteiger partial charge on any atom is 0.343 e. The normalized spacial score (nSPS) is 14.9. The molecule has 2 heterocycles. The summed E-state index contributed by atoms with van der Waals surface area (Å²) in [5, 5.41) is 3.87. The molecule has 0 saturated carbocycles. The number of carbonyl (C=O) groups excluding carboxylic acids is 1. The lowest BCUT2D eigenvalue weighted by Crippen LogP contribution is -2.50. The first-order valence-electron chi connectivity index (χ1n) is 9.95. The van der Waals surface area contributed by atoms with E-state index in [-0.39, 0.29) is 34.5 Å². The van der Waals surface area contributed by atoms with Crippen molar-refractivity contribution in [3.05, 3.63) is 90.1 Å². The van der Waals surface area contributed by atoms with Crippen LogP contribution in [0.25, 0.3) is 11.4 Å². The number of nitrogens with zero attached hydrogens (tertiary/aromatic N) is 4. The second-order valence-electron chi connectivity index (χ2n) is 7.46. The predicted molar refractivity (Wildman–Crippen MR) is 119 cm³/mol. The number of anilines is 2. The molecule has 1 aromatic heterocycles. The largest absolute Gasteiger partial charge is 0.343 e. The quantitative estimate of drug-likeness (QED) is 0.441. The van der Waals surface area contributed by atoms with Gasteiger partial charge in [-0.1, -0.05) is 47.1 Å². The Morgan fingerprint density at radius 2 is 1.76 bits per heavy atom. The smallest absolute Gasteiger partial charge is 0.337 e. The van der Waals surface area contributed by atoms with Gasteiger partial charge in [0.15, 0.2) is 0 Å². The summed E-state index contributed by atoms with van der Waals surface area (Å²) < 4.78 is 46.2. The molecule has 3 aromatic carbocycles. The first-order valence-corrected chi connectivity index (χ1v) is 11.4. The highest BCUT2D eigenvalue weighted by molar-refractivity contribution is 7.94. The van der Waals surface area contributed by atoms with Gasteiger partial charge in [-0.15, -0.1) is 0 Å². The van der Waals surface area contributed by atoms with Crippen LogP contribution >= 0.6 is 0 Å². The van der Waals surface area contributed by atoms with E-state index < -0.39 is 21.9 Å². The van der Waals surface area contributed by atoms with Gasteiger partial charge < -0.3 is 4.52 Å². The molecule has 33 heavy (non-hydrogen) atoms. The first kappa shape index (κ1) is 20.8. The predicted octanol–water partition coefficient (Wildman–Crippen LogP) is 4.52. The van der Waals surface area contributed by atoms with E-state index in [1.54, 1.807) is 48.5 Å². The number of aryl methyl sites for hydroxylation is 1. The number of urea groups is 1. The van der Waals surface area contributed by atoms with Crippen LogP contribution in [-0.4, -0.2) is 24.6 Å². The summed E-state index contributed by atoms with van der Waals surface area (Å²) in [7, 11) is -4.13. The molecule has 0 aliphatic carbocycles. The van der Waals surface area contributed by atoms with Crippen LogP contribution < -0.4 is 9.21 Å². The lowest BCUT2D eigenvalue weighted by molar-refractivity contribution is 0.252. The average molecular weight is 464 g/mol. The van der Waals surface area contributed by atoms with Gasteiger partial charge in [-0.2, -0.15) is 9.29 Å². The molecule has 8 nitrogen and oxygen atoms in total. The molecule has 0 atom stereocenters. The summed E-state index contributed by atoms with van der Waals surface area (Å²) in [6.07, 6.45) is 0. The summed E-state index contributed by atoms with van der Waals surface area (Å²) in [4.78, 5) is 19.0. The molecule has 0 bridgehead atoms. The van der Waals surface area contributed by atoms with Crippen LogP contribution in [0.1, 0.15) is 11.5 Å². The fraction of sp³-hybridized carbons (Fsp3) is 0.0870. The van der Waals surface area contributed by atoms with Gasteiger partial charge >= 0.3 is 6.03 Å². The van der Waals surface area contributed by atoms with Gasteiger partial charge in [0.2, 0.25) is 11.7 Å².